The molecule has 0 fully saturated rings. The lowest BCUT2D eigenvalue weighted by molar-refractivity contribution is 1.29. The molecule has 0 saturated carbocycles. The van der Waals surface area contributed by atoms with Crippen molar-refractivity contribution < 1.29 is 0 Å². The van der Waals surface area contributed by atoms with E-state index in [1.807, 2.05) is 22.7 Å². The Morgan fingerprint density at radius 2 is 0.959 bits per heavy atom. The van der Waals surface area contributed by atoms with Crippen molar-refractivity contribution in [3.8, 4) is 22.3 Å². The summed E-state index contributed by atoms with van der Waals surface area (Å²) in [6.45, 7) is 0. The molecule has 0 spiro atoms. The summed E-state index contributed by atoms with van der Waals surface area (Å²) in [5.74, 6) is 0. The van der Waals surface area contributed by atoms with Crippen molar-refractivity contribution in [3.63, 3.8) is 0 Å². The summed E-state index contributed by atoms with van der Waals surface area (Å²) in [5.41, 5.74) is 8.31. The maximum Gasteiger partial charge on any atom is 0.0468 e. The van der Waals surface area contributed by atoms with E-state index in [1.54, 1.807) is 0 Å². The zero-order chi connectivity index (χ0) is 32.3. The number of thiophene rings is 2. The molecular formula is C46H29NS2. The number of hydrogen-bond acceptors (Lipinski definition) is 3. The molecule has 0 amide bonds. The van der Waals surface area contributed by atoms with Crippen LogP contribution in [-0.2, 0) is 0 Å². The molecule has 0 unspecified atom stereocenters. The maximum absolute atomic E-state index is 2.41. The second kappa shape index (κ2) is 11.5. The average Bonchev–Trinajstić information content (AvgIpc) is 3.74. The van der Waals surface area contributed by atoms with E-state index < -0.39 is 0 Å². The summed E-state index contributed by atoms with van der Waals surface area (Å²) < 4.78 is 5.30. The molecule has 0 aliphatic heterocycles. The van der Waals surface area contributed by atoms with Gasteiger partial charge in [0.25, 0.3) is 0 Å². The zero-order valence-corrected chi connectivity index (χ0v) is 28.1. The highest BCUT2D eigenvalue weighted by atomic mass is 32.1. The van der Waals surface area contributed by atoms with Gasteiger partial charge in [0.15, 0.2) is 0 Å². The number of hydrogen-bond donors (Lipinski definition) is 0. The standard InChI is InChI=1S/C46H29NS2/c1-2-11-30(12-3-1)31-21-23-34(24-22-31)47(36-25-26-44-41(29-36)38-17-6-8-19-42(38)48-44)35-15-10-14-32(27-35)40-28-33-13-4-5-16-37(33)46-45(40)39-18-7-9-20-43(39)49-46/h1-29H. The van der Waals surface area contributed by atoms with E-state index in [-0.39, 0.29) is 0 Å². The lowest BCUT2D eigenvalue weighted by atomic mass is 9.95. The molecular weight excluding hydrogens is 631 g/mol. The van der Waals surface area contributed by atoms with E-state index in [2.05, 4.69) is 181 Å². The number of nitrogens with zero attached hydrogens (tertiary/aromatic N) is 1. The second-order valence-electron chi connectivity index (χ2n) is 12.5. The number of anilines is 3. The summed E-state index contributed by atoms with van der Waals surface area (Å²) in [5, 5.41) is 7.83. The first-order chi connectivity index (χ1) is 24.3. The van der Waals surface area contributed by atoms with Gasteiger partial charge >= 0.3 is 0 Å². The van der Waals surface area contributed by atoms with Crippen molar-refractivity contribution in [2.45, 2.75) is 0 Å². The molecule has 0 aliphatic carbocycles. The molecule has 8 aromatic carbocycles. The van der Waals surface area contributed by atoms with Gasteiger partial charge in [0.2, 0.25) is 0 Å². The van der Waals surface area contributed by atoms with Crippen LogP contribution in [0.25, 0.3) is 73.4 Å². The van der Waals surface area contributed by atoms with E-state index in [1.165, 1.54) is 73.4 Å². The molecule has 0 saturated heterocycles. The predicted molar refractivity (Wildman–Crippen MR) is 215 cm³/mol. The van der Waals surface area contributed by atoms with Gasteiger partial charge < -0.3 is 4.90 Å². The first-order valence-corrected chi connectivity index (χ1v) is 18.2. The molecule has 230 valence electrons. The number of benzene rings is 8. The SMILES string of the molecule is c1ccc(-c2ccc(N(c3cccc(-c4cc5ccccc5c5sc6ccccc6c45)c3)c3ccc4sc5ccccc5c4c3)cc2)cc1. The van der Waals surface area contributed by atoms with Crippen molar-refractivity contribution in [2.24, 2.45) is 0 Å². The van der Waals surface area contributed by atoms with Gasteiger partial charge in [0.05, 0.1) is 0 Å². The van der Waals surface area contributed by atoms with Gasteiger partial charge in [-0.1, -0.05) is 115 Å². The van der Waals surface area contributed by atoms with Crippen LogP contribution in [0.5, 0.6) is 0 Å². The fourth-order valence-corrected chi connectivity index (χ4v) is 9.68. The summed E-state index contributed by atoms with van der Waals surface area (Å²) >= 11 is 3.76. The molecule has 0 radical (unpaired) electrons. The Bertz CT molecular complexity index is 2830. The molecule has 0 bridgehead atoms. The van der Waals surface area contributed by atoms with Gasteiger partial charge in [0.1, 0.15) is 0 Å². The van der Waals surface area contributed by atoms with Crippen molar-refractivity contribution in [1.29, 1.82) is 0 Å². The largest absolute Gasteiger partial charge is 0.310 e. The smallest absolute Gasteiger partial charge is 0.0468 e. The quantitative estimate of drug-likeness (QED) is 0.178. The first kappa shape index (κ1) is 28.3. The van der Waals surface area contributed by atoms with Crippen LogP contribution in [0.3, 0.4) is 0 Å². The van der Waals surface area contributed by atoms with Crippen molar-refractivity contribution in [2.75, 3.05) is 4.90 Å². The highest BCUT2D eigenvalue weighted by molar-refractivity contribution is 7.27. The van der Waals surface area contributed by atoms with Gasteiger partial charge in [-0.3, -0.25) is 0 Å². The van der Waals surface area contributed by atoms with E-state index in [0.29, 0.717) is 0 Å². The Morgan fingerprint density at radius 1 is 0.347 bits per heavy atom. The van der Waals surface area contributed by atoms with E-state index in [4.69, 9.17) is 0 Å². The molecule has 0 atom stereocenters. The van der Waals surface area contributed by atoms with Gasteiger partial charge in [-0.25, -0.2) is 0 Å². The molecule has 2 heterocycles. The molecule has 10 aromatic rings. The monoisotopic (exact) mass is 659 g/mol. The van der Waals surface area contributed by atoms with Crippen LogP contribution in [0.1, 0.15) is 0 Å². The number of fused-ring (bicyclic) bond motifs is 8. The summed E-state index contributed by atoms with van der Waals surface area (Å²) in [6, 6.07) is 64.4. The summed E-state index contributed by atoms with van der Waals surface area (Å²) in [7, 11) is 0. The molecule has 1 nitrogen and oxygen atoms in total. The molecule has 0 N–H and O–H groups in total. The normalized spacial score (nSPS) is 11.7. The minimum absolute atomic E-state index is 1.13. The molecule has 0 aliphatic rings. The minimum Gasteiger partial charge on any atom is -0.310 e. The maximum atomic E-state index is 2.41. The molecule has 49 heavy (non-hydrogen) atoms. The van der Waals surface area contributed by atoms with Crippen molar-refractivity contribution in [3.05, 3.63) is 176 Å². The molecule has 2 aromatic heterocycles. The number of rotatable bonds is 5. The Balaban J connectivity index is 1.19. The Labute approximate surface area is 292 Å². The van der Waals surface area contributed by atoms with Crippen molar-refractivity contribution >= 4 is 90.9 Å². The van der Waals surface area contributed by atoms with E-state index >= 15 is 0 Å². The highest BCUT2D eigenvalue weighted by Gasteiger charge is 2.18. The third kappa shape index (κ3) is 4.74. The lowest BCUT2D eigenvalue weighted by Gasteiger charge is -2.26. The van der Waals surface area contributed by atoms with Crippen molar-refractivity contribution in [1.82, 2.24) is 0 Å². The van der Waals surface area contributed by atoms with Crippen LogP contribution < -0.4 is 4.90 Å². The van der Waals surface area contributed by atoms with E-state index in [9.17, 15) is 0 Å². The highest BCUT2D eigenvalue weighted by Crippen LogP contribution is 2.46. The Kier molecular flexibility index (Phi) is 6.61. The average molecular weight is 660 g/mol. The third-order valence-electron chi connectivity index (χ3n) is 9.64. The zero-order valence-electron chi connectivity index (χ0n) is 26.5. The van der Waals surface area contributed by atoms with Crippen LogP contribution >= 0.6 is 22.7 Å². The molecule has 10 rings (SSSR count). The fraction of sp³-hybridized carbons (Fsp3) is 0. The van der Waals surface area contributed by atoms with E-state index in [0.717, 1.165) is 17.1 Å². The Morgan fingerprint density at radius 3 is 1.80 bits per heavy atom. The third-order valence-corrected chi connectivity index (χ3v) is 12.0. The fourth-order valence-electron chi connectivity index (χ4n) is 7.33. The van der Waals surface area contributed by atoms with Crippen LogP contribution in [0.4, 0.5) is 17.1 Å². The Hall–Kier alpha value is -5.74. The molecule has 3 heteroatoms. The van der Waals surface area contributed by atoms with Crippen LogP contribution in [-0.4, -0.2) is 0 Å². The van der Waals surface area contributed by atoms with Gasteiger partial charge in [-0.2, -0.15) is 0 Å². The lowest BCUT2D eigenvalue weighted by Crippen LogP contribution is -2.10. The van der Waals surface area contributed by atoms with Gasteiger partial charge in [-0.15, -0.1) is 22.7 Å². The summed E-state index contributed by atoms with van der Waals surface area (Å²) in [4.78, 5) is 2.41. The van der Waals surface area contributed by atoms with Gasteiger partial charge in [0, 0.05) is 57.4 Å². The topological polar surface area (TPSA) is 3.24 Å². The predicted octanol–water partition coefficient (Wildman–Crippen LogP) is 14.4. The van der Waals surface area contributed by atoms with Gasteiger partial charge in [-0.05, 0) is 93.7 Å². The second-order valence-corrected chi connectivity index (χ2v) is 14.7. The van der Waals surface area contributed by atoms with Crippen LogP contribution in [0, 0.1) is 0 Å². The summed E-state index contributed by atoms with van der Waals surface area (Å²) in [6.07, 6.45) is 0. The van der Waals surface area contributed by atoms with Crippen LogP contribution in [0.15, 0.2) is 176 Å². The minimum atomic E-state index is 1.13. The first-order valence-electron chi connectivity index (χ1n) is 16.6. The van der Waals surface area contributed by atoms with Crippen LogP contribution in [0.2, 0.25) is 0 Å².